The molecule has 1 aliphatic rings. The van der Waals surface area contributed by atoms with E-state index in [0.29, 0.717) is 16.3 Å². The molecule has 0 radical (unpaired) electrons. The minimum absolute atomic E-state index is 0.168. The lowest BCUT2D eigenvalue weighted by atomic mass is 9.97. The van der Waals surface area contributed by atoms with Gasteiger partial charge in [-0.1, -0.05) is 57.9 Å². The highest BCUT2D eigenvalue weighted by Crippen LogP contribution is 2.34. The van der Waals surface area contributed by atoms with Crippen LogP contribution in [0.4, 0.5) is 5.69 Å². The molecule has 5 heteroatoms. The topological polar surface area (TPSA) is 37.4 Å². The minimum Gasteiger partial charge on any atom is -0.366 e. The van der Waals surface area contributed by atoms with Crippen molar-refractivity contribution in [2.75, 3.05) is 23.3 Å². The summed E-state index contributed by atoms with van der Waals surface area (Å²) >= 11 is 3.56. The number of para-hydroxylation sites is 1. The van der Waals surface area contributed by atoms with Gasteiger partial charge in [0.05, 0.1) is 16.3 Å². The lowest BCUT2D eigenvalue weighted by Crippen LogP contribution is -2.40. The van der Waals surface area contributed by atoms with E-state index < -0.39 is 9.84 Å². The van der Waals surface area contributed by atoms with Crippen LogP contribution in [0.1, 0.15) is 12.5 Å². The number of nitrogens with zero attached hydrogens (tertiary/aromatic N) is 1. The summed E-state index contributed by atoms with van der Waals surface area (Å²) in [4.78, 5) is 3.08. The summed E-state index contributed by atoms with van der Waals surface area (Å²) < 4.78 is 26.4. The number of benzene rings is 2. The van der Waals surface area contributed by atoms with Gasteiger partial charge in [-0.25, -0.2) is 8.42 Å². The molecule has 0 aromatic heterocycles. The number of hydrogen-bond acceptors (Lipinski definition) is 3. The standard InChI is InChI=1S/C20H22BrNO2S/c1-15-8-6-7-11-19(15)22-13-17(12-21)16(2)20(14-22)25(23,24)18-9-4-3-5-10-18/h3-11,17H,12-14H2,1-2H3. The van der Waals surface area contributed by atoms with Gasteiger partial charge in [-0.15, -0.1) is 0 Å². The van der Waals surface area contributed by atoms with E-state index in [0.717, 1.165) is 28.7 Å². The number of hydrogen-bond donors (Lipinski definition) is 0. The van der Waals surface area contributed by atoms with E-state index in [1.807, 2.05) is 25.1 Å². The lowest BCUT2D eigenvalue weighted by molar-refractivity contribution is 0.585. The zero-order valence-corrected chi connectivity index (χ0v) is 16.8. The monoisotopic (exact) mass is 419 g/mol. The summed E-state index contributed by atoms with van der Waals surface area (Å²) in [5.74, 6) is 0.168. The van der Waals surface area contributed by atoms with Gasteiger partial charge in [0.1, 0.15) is 0 Å². The summed E-state index contributed by atoms with van der Waals surface area (Å²) in [7, 11) is -3.49. The van der Waals surface area contributed by atoms with Crippen molar-refractivity contribution in [3.8, 4) is 0 Å². The van der Waals surface area contributed by atoms with E-state index in [1.165, 1.54) is 0 Å². The Bertz CT molecular complexity index is 891. The van der Waals surface area contributed by atoms with Crippen LogP contribution in [0.25, 0.3) is 0 Å². The number of aryl methyl sites for hydroxylation is 1. The van der Waals surface area contributed by atoms with Gasteiger partial charge in [0.25, 0.3) is 0 Å². The largest absolute Gasteiger partial charge is 0.366 e. The Kier molecular flexibility index (Phi) is 5.35. The smallest absolute Gasteiger partial charge is 0.204 e. The molecule has 0 amide bonds. The Morgan fingerprint density at radius 1 is 1.04 bits per heavy atom. The molecule has 1 atom stereocenters. The first kappa shape index (κ1) is 18.2. The van der Waals surface area contributed by atoms with Gasteiger partial charge in [-0.3, -0.25) is 0 Å². The molecule has 0 N–H and O–H groups in total. The van der Waals surface area contributed by atoms with Crippen molar-refractivity contribution in [1.82, 2.24) is 0 Å². The van der Waals surface area contributed by atoms with E-state index in [2.05, 4.69) is 39.9 Å². The average Bonchev–Trinajstić information content (AvgIpc) is 2.63. The molecule has 0 fully saturated rings. The Hall–Kier alpha value is -1.59. The Morgan fingerprint density at radius 3 is 2.32 bits per heavy atom. The van der Waals surface area contributed by atoms with Gasteiger partial charge in [0.15, 0.2) is 0 Å². The van der Waals surface area contributed by atoms with Gasteiger partial charge in [-0.2, -0.15) is 0 Å². The van der Waals surface area contributed by atoms with Gasteiger partial charge >= 0.3 is 0 Å². The first-order valence-corrected chi connectivity index (χ1v) is 10.9. The van der Waals surface area contributed by atoms with Crippen molar-refractivity contribution in [2.24, 2.45) is 5.92 Å². The zero-order valence-electron chi connectivity index (χ0n) is 14.4. The van der Waals surface area contributed by atoms with Crippen LogP contribution in [0, 0.1) is 12.8 Å². The fraction of sp³-hybridized carbons (Fsp3) is 0.300. The molecule has 0 spiro atoms. The predicted molar refractivity (Wildman–Crippen MR) is 107 cm³/mol. The third-order valence-electron chi connectivity index (χ3n) is 4.85. The third-order valence-corrected chi connectivity index (χ3v) is 7.62. The quantitative estimate of drug-likeness (QED) is 0.680. The number of anilines is 1. The third kappa shape index (κ3) is 3.53. The van der Waals surface area contributed by atoms with E-state index in [4.69, 9.17) is 0 Å². The van der Waals surface area contributed by atoms with Gasteiger partial charge < -0.3 is 4.90 Å². The number of sulfone groups is 1. The molecular weight excluding hydrogens is 398 g/mol. The van der Waals surface area contributed by atoms with Crippen LogP contribution in [0.15, 0.2) is 70.0 Å². The molecule has 1 aliphatic heterocycles. The summed E-state index contributed by atoms with van der Waals surface area (Å²) in [6.07, 6.45) is 0. The Labute approximate surface area is 158 Å². The molecule has 3 nitrogen and oxygen atoms in total. The van der Waals surface area contributed by atoms with Gasteiger partial charge in [0, 0.05) is 23.5 Å². The summed E-state index contributed by atoms with van der Waals surface area (Å²) in [5.41, 5.74) is 3.22. The molecule has 0 bridgehead atoms. The number of alkyl halides is 1. The van der Waals surface area contributed by atoms with Crippen molar-refractivity contribution in [1.29, 1.82) is 0 Å². The van der Waals surface area contributed by atoms with Crippen LogP contribution < -0.4 is 4.90 Å². The second-order valence-corrected chi connectivity index (χ2v) is 9.06. The van der Waals surface area contributed by atoms with E-state index >= 15 is 0 Å². The summed E-state index contributed by atoms with van der Waals surface area (Å²) in [5, 5.41) is 0.745. The Morgan fingerprint density at radius 2 is 1.68 bits per heavy atom. The van der Waals surface area contributed by atoms with Gasteiger partial charge in [-0.05, 0) is 37.6 Å². The molecule has 0 saturated carbocycles. The SMILES string of the molecule is CC1=C(S(=O)(=O)c2ccccc2)CN(c2ccccc2C)CC1CBr. The maximum absolute atomic E-state index is 13.2. The maximum Gasteiger partial charge on any atom is 0.204 e. The second-order valence-electron chi connectivity index (χ2n) is 6.44. The highest BCUT2D eigenvalue weighted by atomic mass is 79.9. The molecule has 1 unspecified atom stereocenters. The fourth-order valence-corrected chi connectivity index (χ4v) is 5.70. The normalized spacial score (nSPS) is 18.5. The molecule has 2 aromatic rings. The van der Waals surface area contributed by atoms with E-state index in [1.54, 1.807) is 24.3 Å². The summed E-state index contributed by atoms with van der Waals surface area (Å²) in [6.45, 7) is 5.25. The second kappa shape index (κ2) is 7.34. The van der Waals surface area contributed by atoms with Gasteiger partial charge in [0.2, 0.25) is 9.84 Å². The lowest BCUT2D eigenvalue weighted by Gasteiger charge is -2.36. The summed E-state index contributed by atoms with van der Waals surface area (Å²) in [6, 6.07) is 16.9. The molecule has 1 heterocycles. The highest BCUT2D eigenvalue weighted by molar-refractivity contribution is 9.09. The van der Waals surface area contributed by atoms with Crippen LogP contribution in [0.3, 0.4) is 0 Å². The van der Waals surface area contributed by atoms with Crippen LogP contribution in [0.5, 0.6) is 0 Å². The first-order chi connectivity index (χ1) is 11.9. The van der Waals surface area contributed by atoms with Crippen LogP contribution >= 0.6 is 15.9 Å². The molecule has 0 aliphatic carbocycles. The molecular formula is C20H22BrNO2S. The van der Waals surface area contributed by atoms with Crippen LogP contribution in [-0.4, -0.2) is 26.8 Å². The van der Waals surface area contributed by atoms with Crippen molar-refractivity contribution in [3.63, 3.8) is 0 Å². The maximum atomic E-state index is 13.2. The molecule has 2 aromatic carbocycles. The average molecular weight is 420 g/mol. The van der Waals surface area contributed by atoms with Crippen molar-refractivity contribution >= 4 is 31.5 Å². The van der Waals surface area contributed by atoms with Crippen molar-refractivity contribution in [2.45, 2.75) is 18.7 Å². The number of halogens is 1. The fourth-order valence-electron chi connectivity index (χ4n) is 3.30. The first-order valence-electron chi connectivity index (χ1n) is 8.31. The van der Waals surface area contributed by atoms with Crippen LogP contribution in [-0.2, 0) is 9.84 Å². The van der Waals surface area contributed by atoms with Crippen molar-refractivity contribution in [3.05, 3.63) is 70.6 Å². The van der Waals surface area contributed by atoms with E-state index in [9.17, 15) is 8.42 Å². The highest BCUT2D eigenvalue weighted by Gasteiger charge is 2.32. The number of rotatable bonds is 4. The molecule has 25 heavy (non-hydrogen) atoms. The minimum atomic E-state index is -3.49. The Balaban J connectivity index is 2.07. The predicted octanol–water partition coefficient (Wildman–Crippen LogP) is 4.57. The van der Waals surface area contributed by atoms with Crippen molar-refractivity contribution < 1.29 is 8.42 Å². The van der Waals surface area contributed by atoms with Crippen LogP contribution in [0.2, 0.25) is 0 Å². The molecule has 0 saturated heterocycles. The zero-order chi connectivity index (χ0) is 18.0. The van der Waals surface area contributed by atoms with E-state index in [-0.39, 0.29) is 5.92 Å². The molecule has 132 valence electrons. The molecule has 3 rings (SSSR count).